The maximum absolute atomic E-state index is 11.4. The fraction of sp³-hybridized carbons (Fsp3) is 0.545. The zero-order valence-corrected chi connectivity index (χ0v) is 13.0. The topological polar surface area (TPSA) is 71.5 Å². The molecular weight excluding hydrogens is 325 g/mol. The minimum absolute atomic E-state index is 0.0216. The number of aromatic nitrogens is 1. The number of rotatable bonds is 3. The van der Waals surface area contributed by atoms with Gasteiger partial charge in [0, 0.05) is 13.1 Å². The number of nitrogens with one attached hydrogen (secondary N) is 1. The number of hydrogen-bond donors (Lipinski definition) is 1. The summed E-state index contributed by atoms with van der Waals surface area (Å²) in [5.74, 6) is 0. The highest BCUT2D eigenvalue weighted by molar-refractivity contribution is 7.86. The molecule has 2 saturated heterocycles. The molecule has 3 heterocycles. The minimum atomic E-state index is -3.50. The predicted molar refractivity (Wildman–Crippen MR) is 76.9 cm³/mol. The summed E-state index contributed by atoms with van der Waals surface area (Å²) in [6, 6.07) is 1.70. The molecule has 2 atom stereocenters. The zero-order chi connectivity index (χ0) is 14.5. The molecule has 3 rings (SSSR count). The Labute approximate surface area is 127 Å². The van der Waals surface area contributed by atoms with E-state index in [1.807, 2.05) is 4.90 Å². The van der Waals surface area contributed by atoms with Gasteiger partial charge in [0.05, 0.1) is 35.7 Å². The van der Waals surface area contributed by atoms with Gasteiger partial charge >= 0.3 is 0 Å². The van der Waals surface area contributed by atoms with Crippen LogP contribution in [0.15, 0.2) is 12.3 Å². The largest absolute Gasteiger partial charge is 0.365 e. The number of halogens is 2. The molecule has 0 radical (unpaired) electrons. The van der Waals surface area contributed by atoms with Crippen molar-refractivity contribution in [1.82, 2.24) is 10.3 Å². The molecule has 1 N–H and O–H groups in total. The quantitative estimate of drug-likeness (QED) is 0.652. The van der Waals surface area contributed by atoms with Crippen molar-refractivity contribution in [3.8, 4) is 0 Å². The lowest BCUT2D eigenvalue weighted by molar-refractivity contribution is 0.00981. The molecule has 0 bridgehead atoms. The maximum atomic E-state index is 11.4. The van der Waals surface area contributed by atoms with Crippen LogP contribution in [0.5, 0.6) is 0 Å². The molecule has 0 aliphatic carbocycles. The van der Waals surface area contributed by atoms with Crippen LogP contribution in [0.25, 0.3) is 0 Å². The number of pyridine rings is 1. The van der Waals surface area contributed by atoms with Gasteiger partial charge in [0.1, 0.15) is 10.8 Å². The van der Waals surface area contributed by atoms with Gasteiger partial charge in [-0.25, -0.2) is 4.98 Å². The molecular formula is C11H13Cl2N3O3S. The van der Waals surface area contributed by atoms with Crippen LogP contribution in [0.4, 0.5) is 5.69 Å². The van der Waals surface area contributed by atoms with Crippen molar-refractivity contribution in [2.75, 3.05) is 30.8 Å². The lowest BCUT2D eigenvalue weighted by Crippen LogP contribution is -2.69. The first-order chi connectivity index (χ1) is 9.29. The summed E-state index contributed by atoms with van der Waals surface area (Å²) in [6.45, 7) is 1.61. The van der Waals surface area contributed by atoms with Crippen molar-refractivity contribution in [2.45, 2.75) is 11.6 Å². The van der Waals surface area contributed by atoms with E-state index in [0.717, 1.165) is 11.9 Å². The number of fused-ring (bicyclic) bond motifs is 1. The van der Waals surface area contributed by atoms with E-state index in [2.05, 4.69) is 10.3 Å². The van der Waals surface area contributed by atoms with Crippen LogP contribution < -0.4 is 10.2 Å². The molecule has 9 heteroatoms. The summed E-state index contributed by atoms with van der Waals surface area (Å²) in [5, 5.41) is 3.80. The first-order valence-corrected chi connectivity index (χ1v) is 8.56. The molecule has 20 heavy (non-hydrogen) atoms. The third kappa shape index (κ3) is 2.48. The van der Waals surface area contributed by atoms with E-state index in [0.29, 0.717) is 24.7 Å². The molecule has 0 unspecified atom stereocenters. The number of hydrogen-bond acceptors (Lipinski definition) is 6. The van der Waals surface area contributed by atoms with Crippen LogP contribution >= 0.6 is 23.2 Å². The minimum Gasteiger partial charge on any atom is -0.365 e. The highest BCUT2D eigenvalue weighted by Crippen LogP contribution is 2.37. The average Bonchev–Trinajstić information content (AvgIpc) is 2.55. The van der Waals surface area contributed by atoms with Gasteiger partial charge in [0.25, 0.3) is 10.1 Å². The first kappa shape index (κ1) is 14.3. The molecule has 0 aromatic carbocycles. The zero-order valence-electron chi connectivity index (χ0n) is 10.6. The molecule has 6 nitrogen and oxygen atoms in total. The van der Waals surface area contributed by atoms with Crippen LogP contribution in [0.3, 0.4) is 0 Å². The molecule has 110 valence electrons. The molecule has 0 saturated carbocycles. The van der Waals surface area contributed by atoms with Gasteiger partial charge in [-0.05, 0) is 6.07 Å². The van der Waals surface area contributed by atoms with Crippen LogP contribution in [0.2, 0.25) is 10.2 Å². The summed E-state index contributed by atoms with van der Waals surface area (Å²) in [5.41, 5.74) is 0.103. The van der Waals surface area contributed by atoms with Gasteiger partial charge < -0.3 is 10.2 Å². The Morgan fingerprint density at radius 1 is 1.55 bits per heavy atom. The summed E-state index contributed by atoms with van der Waals surface area (Å²) < 4.78 is 28.1. The highest BCUT2D eigenvalue weighted by Gasteiger charge is 2.56. The van der Waals surface area contributed by atoms with Crippen molar-refractivity contribution in [3.05, 3.63) is 22.4 Å². The Kier molecular flexibility index (Phi) is 3.38. The Bertz CT molecular complexity index is 654. The monoisotopic (exact) mass is 337 g/mol. The first-order valence-electron chi connectivity index (χ1n) is 5.99. The molecule has 2 aliphatic rings. The van der Waals surface area contributed by atoms with Crippen LogP contribution in [-0.2, 0) is 14.3 Å². The Hall–Kier alpha value is -0.600. The maximum Gasteiger partial charge on any atom is 0.265 e. The lowest BCUT2D eigenvalue weighted by Gasteiger charge is -2.42. The SMILES string of the molecule is CS(=O)(=O)O[C@]12CN[C@@H]1CN(c1cnc(Cl)c(Cl)c1)C2. The molecule has 2 fully saturated rings. The van der Waals surface area contributed by atoms with Crippen molar-refractivity contribution in [3.63, 3.8) is 0 Å². The molecule has 0 spiro atoms. The fourth-order valence-electron chi connectivity index (χ4n) is 2.68. The molecule has 1 aromatic heterocycles. The Morgan fingerprint density at radius 2 is 2.30 bits per heavy atom. The van der Waals surface area contributed by atoms with Crippen molar-refractivity contribution < 1.29 is 12.6 Å². The summed E-state index contributed by atoms with van der Waals surface area (Å²) in [4.78, 5) is 5.99. The highest BCUT2D eigenvalue weighted by atomic mass is 35.5. The van der Waals surface area contributed by atoms with Crippen LogP contribution in [0, 0.1) is 0 Å². The van der Waals surface area contributed by atoms with Gasteiger partial charge in [0.15, 0.2) is 0 Å². The average molecular weight is 338 g/mol. The second-order valence-electron chi connectivity index (χ2n) is 5.13. The second-order valence-corrected chi connectivity index (χ2v) is 7.47. The summed E-state index contributed by atoms with van der Waals surface area (Å²) in [7, 11) is -3.50. The standard InChI is InChI=1S/C11H13Cl2N3O3S/c1-20(17,18)19-11-5-15-9(11)4-16(6-11)7-2-8(12)10(13)14-3-7/h2-3,9,15H,4-6H2,1H3/t9-,11+/m1/s1. The van der Waals surface area contributed by atoms with E-state index in [4.69, 9.17) is 27.4 Å². The van der Waals surface area contributed by atoms with Crippen molar-refractivity contribution in [1.29, 1.82) is 0 Å². The van der Waals surface area contributed by atoms with E-state index in [1.54, 1.807) is 12.3 Å². The normalized spacial score (nSPS) is 29.1. The predicted octanol–water partition coefficient (Wildman–Crippen LogP) is 0.895. The van der Waals surface area contributed by atoms with E-state index in [-0.39, 0.29) is 11.2 Å². The molecule has 1 aromatic rings. The van der Waals surface area contributed by atoms with Gasteiger partial charge in [-0.2, -0.15) is 8.42 Å². The van der Waals surface area contributed by atoms with Gasteiger partial charge in [-0.3, -0.25) is 4.18 Å². The van der Waals surface area contributed by atoms with E-state index < -0.39 is 15.7 Å². The van der Waals surface area contributed by atoms with Crippen molar-refractivity contribution >= 4 is 39.0 Å². The smallest absolute Gasteiger partial charge is 0.265 e. The Morgan fingerprint density at radius 3 is 2.85 bits per heavy atom. The van der Waals surface area contributed by atoms with Gasteiger partial charge in [-0.15, -0.1) is 0 Å². The van der Waals surface area contributed by atoms with E-state index in [9.17, 15) is 8.42 Å². The molecule has 0 amide bonds. The number of anilines is 1. The second kappa shape index (κ2) is 4.71. The van der Waals surface area contributed by atoms with Crippen LogP contribution in [-0.4, -0.2) is 50.9 Å². The van der Waals surface area contributed by atoms with E-state index >= 15 is 0 Å². The third-order valence-electron chi connectivity index (χ3n) is 3.61. The molecule has 2 aliphatic heterocycles. The van der Waals surface area contributed by atoms with Gasteiger partial charge in [-0.1, -0.05) is 23.2 Å². The Balaban J connectivity index is 1.83. The lowest BCUT2D eigenvalue weighted by atomic mass is 9.90. The van der Waals surface area contributed by atoms with E-state index in [1.165, 1.54) is 0 Å². The van der Waals surface area contributed by atoms with Gasteiger partial charge in [0.2, 0.25) is 0 Å². The number of nitrogens with zero attached hydrogens (tertiary/aromatic N) is 2. The third-order valence-corrected chi connectivity index (χ3v) is 4.93. The van der Waals surface area contributed by atoms with Crippen LogP contribution in [0.1, 0.15) is 0 Å². The summed E-state index contributed by atoms with van der Waals surface area (Å²) in [6.07, 6.45) is 2.69. The fourth-order valence-corrected chi connectivity index (χ4v) is 3.77. The summed E-state index contributed by atoms with van der Waals surface area (Å²) >= 11 is 11.8. The van der Waals surface area contributed by atoms with Crippen molar-refractivity contribution in [2.24, 2.45) is 0 Å².